The first-order valence-electron chi connectivity index (χ1n) is 9.83. The molecule has 3 aromatic rings. The monoisotopic (exact) mass is 476 g/mol. The van der Waals surface area contributed by atoms with Gasteiger partial charge in [-0.05, 0) is 30.9 Å². The smallest absolute Gasteiger partial charge is 0.341 e. The quantitative estimate of drug-likeness (QED) is 0.246. The molecule has 0 atom stereocenters. The molecule has 0 saturated carbocycles. The molecule has 0 unspecified atom stereocenters. The predicted molar refractivity (Wildman–Crippen MR) is 126 cm³/mol. The van der Waals surface area contributed by atoms with Gasteiger partial charge in [0, 0.05) is 22.7 Å². The molecule has 0 spiro atoms. The summed E-state index contributed by atoms with van der Waals surface area (Å²) in [7, 11) is 0. The summed E-state index contributed by atoms with van der Waals surface area (Å²) in [5.41, 5.74) is 0.398. The Morgan fingerprint density at radius 1 is 1.32 bits per heavy atom. The molecule has 164 valence electrons. The van der Waals surface area contributed by atoms with Crippen molar-refractivity contribution in [3.05, 3.63) is 57.4 Å². The number of thioether (sulfide) groups is 1. The number of allylic oxidation sites excluding steroid dienone is 1. The molecule has 1 amide bonds. The van der Waals surface area contributed by atoms with Crippen molar-refractivity contribution >= 4 is 51.3 Å². The number of carbonyl (C=O) groups is 2. The standard InChI is InChI=1S/C21H24N4O3S3/c1-4-9-25-17(12-15-8-7-10-29-15)23-24-21(25)30-13-18(26)22-19-16(20(27)28-6-3)11-14(5-2)31-19/h4,7-8,10-11H,1,5-6,9,12-13H2,2-3H3,(H,22,26). The van der Waals surface area contributed by atoms with Crippen molar-refractivity contribution in [1.82, 2.24) is 14.8 Å². The average Bonchev–Trinajstić information content (AvgIpc) is 3.49. The third-order valence-corrected chi connectivity index (χ3v) is 7.27. The molecule has 0 bridgehead atoms. The molecule has 0 fully saturated rings. The lowest BCUT2D eigenvalue weighted by Gasteiger charge is -2.08. The predicted octanol–water partition coefficient (Wildman–Crippen LogP) is 4.65. The van der Waals surface area contributed by atoms with Gasteiger partial charge in [-0.25, -0.2) is 4.79 Å². The van der Waals surface area contributed by atoms with Gasteiger partial charge in [-0.1, -0.05) is 30.8 Å². The second-order valence-corrected chi connectivity index (χ2v) is 9.53. The van der Waals surface area contributed by atoms with Crippen LogP contribution in [0.5, 0.6) is 0 Å². The van der Waals surface area contributed by atoms with Gasteiger partial charge in [0.25, 0.3) is 0 Å². The van der Waals surface area contributed by atoms with E-state index in [9.17, 15) is 9.59 Å². The SMILES string of the molecule is C=CCn1c(Cc2cccs2)nnc1SCC(=O)Nc1sc(CC)cc1C(=O)OCC. The summed E-state index contributed by atoms with van der Waals surface area (Å²) in [6.45, 7) is 8.42. The summed E-state index contributed by atoms with van der Waals surface area (Å²) >= 11 is 4.37. The number of aromatic nitrogens is 3. The summed E-state index contributed by atoms with van der Waals surface area (Å²) in [4.78, 5) is 27.0. The molecule has 3 heterocycles. The second-order valence-electron chi connectivity index (χ2n) is 6.42. The molecule has 0 aliphatic rings. The van der Waals surface area contributed by atoms with Gasteiger partial charge in [0.2, 0.25) is 5.91 Å². The second kappa shape index (κ2) is 11.3. The first-order chi connectivity index (χ1) is 15.0. The fraction of sp³-hybridized carbons (Fsp3) is 0.333. The van der Waals surface area contributed by atoms with Crippen LogP contribution in [0.25, 0.3) is 0 Å². The van der Waals surface area contributed by atoms with Crippen LogP contribution in [0.15, 0.2) is 41.4 Å². The zero-order valence-electron chi connectivity index (χ0n) is 17.4. The highest BCUT2D eigenvalue weighted by molar-refractivity contribution is 7.99. The third-order valence-electron chi connectivity index (χ3n) is 4.23. The molecule has 7 nitrogen and oxygen atoms in total. The van der Waals surface area contributed by atoms with E-state index in [1.165, 1.54) is 28.0 Å². The fourth-order valence-corrected chi connectivity index (χ4v) is 5.27. The van der Waals surface area contributed by atoms with Crippen molar-refractivity contribution in [2.45, 2.75) is 38.4 Å². The summed E-state index contributed by atoms with van der Waals surface area (Å²) in [5.74, 6) is 0.342. The molecule has 3 aromatic heterocycles. The van der Waals surface area contributed by atoms with Gasteiger partial charge < -0.3 is 14.6 Å². The molecule has 10 heteroatoms. The summed E-state index contributed by atoms with van der Waals surface area (Å²) in [6, 6.07) is 5.85. The topological polar surface area (TPSA) is 86.1 Å². The lowest BCUT2D eigenvalue weighted by Crippen LogP contribution is -2.16. The summed E-state index contributed by atoms with van der Waals surface area (Å²) < 4.78 is 7.07. The van der Waals surface area contributed by atoms with Crippen LogP contribution in [0.2, 0.25) is 0 Å². The highest BCUT2D eigenvalue weighted by Crippen LogP contribution is 2.30. The number of aryl methyl sites for hydroxylation is 1. The van der Waals surface area contributed by atoms with Crippen molar-refractivity contribution in [1.29, 1.82) is 0 Å². The van der Waals surface area contributed by atoms with E-state index in [-0.39, 0.29) is 18.3 Å². The maximum absolute atomic E-state index is 12.6. The van der Waals surface area contributed by atoms with E-state index in [1.54, 1.807) is 30.4 Å². The van der Waals surface area contributed by atoms with Gasteiger partial charge in [-0.3, -0.25) is 4.79 Å². The molecule has 0 saturated heterocycles. The number of carbonyl (C=O) groups excluding carboxylic acids is 2. The minimum atomic E-state index is -0.426. The van der Waals surface area contributed by atoms with Gasteiger partial charge in [0.15, 0.2) is 5.16 Å². The lowest BCUT2D eigenvalue weighted by molar-refractivity contribution is -0.113. The first kappa shape index (κ1) is 23.2. The first-order valence-corrected chi connectivity index (χ1v) is 12.5. The number of thiophene rings is 2. The minimum absolute atomic E-state index is 0.149. The van der Waals surface area contributed by atoms with Crippen LogP contribution in [0.4, 0.5) is 5.00 Å². The molecule has 0 radical (unpaired) electrons. The zero-order chi connectivity index (χ0) is 22.2. The molecule has 0 aliphatic carbocycles. The Morgan fingerprint density at radius 2 is 2.16 bits per heavy atom. The van der Waals surface area contributed by atoms with Crippen LogP contribution in [-0.2, 0) is 28.9 Å². The average molecular weight is 477 g/mol. The highest BCUT2D eigenvalue weighted by atomic mass is 32.2. The van der Waals surface area contributed by atoms with Crippen LogP contribution in [0.3, 0.4) is 0 Å². The van der Waals surface area contributed by atoms with Crippen molar-refractivity contribution in [3.8, 4) is 0 Å². The summed E-state index contributed by atoms with van der Waals surface area (Å²) in [5, 5.41) is 14.6. The Labute approximate surface area is 193 Å². The van der Waals surface area contributed by atoms with Gasteiger partial charge >= 0.3 is 5.97 Å². The van der Waals surface area contributed by atoms with Crippen LogP contribution in [0, 0.1) is 0 Å². The number of hydrogen-bond donors (Lipinski definition) is 1. The Morgan fingerprint density at radius 3 is 2.84 bits per heavy atom. The maximum atomic E-state index is 12.6. The van der Waals surface area contributed by atoms with E-state index in [2.05, 4.69) is 28.2 Å². The minimum Gasteiger partial charge on any atom is -0.462 e. The molecular weight excluding hydrogens is 452 g/mol. The van der Waals surface area contributed by atoms with Crippen molar-refractivity contribution in [2.24, 2.45) is 0 Å². The third kappa shape index (κ3) is 6.05. The van der Waals surface area contributed by atoms with E-state index in [1.807, 2.05) is 22.9 Å². The van der Waals surface area contributed by atoms with Crippen LogP contribution in [0.1, 0.15) is 39.8 Å². The number of ether oxygens (including phenoxy) is 1. The molecule has 0 aliphatic heterocycles. The number of nitrogens with zero attached hydrogens (tertiary/aromatic N) is 3. The van der Waals surface area contributed by atoms with Crippen molar-refractivity contribution in [3.63, 3.8) is 0 Å². The Balaban J connectivity index is 1.67. The van der Waals surface area contributed by atoms with Gasteiger partial charge in [-0.15, -0.1) is 39.4 Å². The Bertz CT molecular complexity index is 1040. The van der Waals surface area contributed by atoms with Crippen molar-refractivity contribution in [2.75, 3.05) is 17.7 Å². The Kier molecular flexibility index (Phi) is 8.44. The molecule has 1 N–H and O–H groups in total. The number of anilines is 1. The number of nitrogens with one attached hydrogen (secondary N) is 1. The number of rotatable bonds is 11. The van der Waals surface area contributed by atoms with Crippen LogP contribution < -0.4 is 5.32 Å². The number of amides is 1. The maximum Gasteiger partial charge on any atom is 0.341 e. The van der Waals surface area contributed by atoms with E-state index in [4.69, 9.17) is 4.74 Å². The Hall–Kier alpha value is -2.43. The van der Waals surface area contributed by atoms with Gasteiger partial charge in [-0.2, -0.15) is 0 Å². The van der Waals surface area contributed by atoms with Gasteiger partial charge in [0.05, 0.1) is 17.9 Å². The molecule has 31 heavy (non-hydrogen) atoms. The van der Waals surface area contributed by atoms with Crippen molar-refractivity contribution < 1.29 is 14.3 Å². The van der Waals surface area contributed by atoms with E-state index in [0.29, 0.717) is 28.7 Å². The summed E-state index contributed by atoms with van der Waals surface area (Å²) in [6.07, 6.45) is 3.25. The van der Waals surface area contributed by atoms with E-state index in [0.717, 1.165) is 17.1 Å². The molecular formula is C21H24N4O3S3. The van der Waals surface area contributed by atoms with E-state index >= 15 is 0 Å². The van der Waals surface area contributed by atoms with Crippen LogP contribution in [-0.4, -0.2) is 39.0 Å². The normalized spacial score (nSPS) is 10.8. The van der Waals surface area contributed by atoms with Crippen LogP contribution >= 0.6 is 34.4 Å². The van der Waals surface area contributed by atoms with Gasteiger partial charge in [0.1, 0.15) is 10.8 Å². The fourth-order valence-electron chi connectivity index (χ4n) is 2.80. The lowest BCUT2D eigenvalue weighted by atomic mass is 10.2. The zero-order valence-corrected chi connectivity index (χ0v) is 19.9. The number of esters is 1. The van der Waals surface area contributed by atoms with E-state index < -0.39 is 5.97 Å². The molecule has 0 aromatic carbocycles. The molecule has 3 rings (SSSR count). The highest BCUT2D eigenvalue weighted by Gasteiger charge is 2.20. The largest absolute Gasteiger partial charge is 0.462 e. The number of hydrogen-bond acceptors (Lipinski definition) is 8.